The van der Waals surface area contributed by atoms with Gasteiger partial charge in [-0.05, 0) is 145 Å². The zero-order valence-corrected chi connectivity index (χ0v) is 55.2. The number of aromatic nitrogens is 4. The molecule has 0 aliphatic rings. The maximum absolute atomic E-state index is 15.7. The first kappa shape index (κ1) is 70.1. The van der Waals surface area contributed by atoms with Crippen LogP contribution in [0.1, 0.15) is 25.0 Å². The molecule has 0 aliphatic carbocycles. The lowest BCUT2D eigenvalue weighted by molar-refractivity contribution is 0.275. The number of phenols is 1. The van der Waals surface area contributed by atoms with Crippen molar-refractivity contribution in [3.05, 3.63) is 261 Å². The minimum absolute atomic E-state index is 0.00231. The Labute approximate surface area is 568 Å². The molecule has 0 aliphatic heterocycles. The maximum atomic E-state index is 15.7. The number of nitrogens with zero attached hydrogens (tertiary/aromatic N) is 8. The Bertz CT molecular complexity index is 5410. The summed E-state index contributed by atoms with van der Waals surface area (Å²) in [5, 5.41) is 36.3. The summed E-state index contributed by atoms with van der Waals surface area (Å²) in [5.41, 5.74) is -0.900. The summed E-state index contributed by atoms with van der Waals surface area (Å²) in [6, 6.07) is 42.2. The minimum atomic E-state index is -4.28. The van der Waals surface area contributed by atoms with E-state index in [0.29, 0.717) is 34.8 Å². The fraction of sp³-hybridized carbons (Fsp3) is 0.114. The van der Waals surface area contributed by atoms with Crippen LogP contribution >= 0.6 is 15.9 Å². The van der Waals surface area contributed by atoms with Crippen LogP contribution < -0.4 is 33.9 Å². The van der Waals surface area contributed by atoms with Crippen LogP contribution in [0.2, 0.25) is 0 Å². The van der Waals surface area contributed by atoms with Crippen LogP contribution in [0.15, 0.2) is 223 Å². The number of methoxy groups -OCH3 is 2. The molecule has 4 heterocycles. The maximum Gasteiger partial charge on any atom is 0.265 e. The third kappa shape index (κ3) is 15.6. The van der Waals surface area contributed by atoms with Gasteiger partial charge in [-0.15, -0.1) is 0 Å². The average molecular weight is 1450 g/mol. The van der Waals surface area contributed by atoms with Crippen molar-refractivity contribution in [1.82, 2.24) is 19.4 Å². The van der Waals surface area contributed by atoms with Gasteiger partial charge in [0.1, 0.15) is 76.5 Å². The number of benzene rings is 8. The summed E-state index contributed by atoms with van der Waals surface area (Å²) in [7, 11) is -5.51. The highest BCUT2D eigenvalue weighted by Gasteiger charge is 2.31. The summed E-state index contributed by atoms with van der Waals surface area (Å²) in [6.45, 7) is 3.00. The molecule has 0 saturated carbocycles. The number of nitriles is 2. The number of alkyl halides is 1. The van der Waals surface area contributed by atoms with Gasteiger partial charge in [0.2, 0.25) is 0 Å². The van der Waals surface area contributed by atoms with E-state index in [-0.39, 0.29) is 101 Å². The standard InChI is InChI=1S/C35H25F3N4O6S.C32H22F3N3O6S.C3H4BrN/c1-21(19-39)48-33-17-29(24-13-25(36)16-26(37)14-24)30(38)18-32(33)42-31-9-8-28(15-23(31)5-10-35(42)43)49(44,45)41(34-11-12-47-40-34)20-22-3-6-27(46-2)7-4-22;1-43-24-5-2-19(3-6-24)18-37(31-10-11-44-36-31)45(41,42)25-7-8-28-20(14-25)4-9-32(40)38(28)29-17-27(35)26(16-30(29)39)21-12-22(33)15-23(34)13-21;1-3(4)2-5/h3-18,21H,20H2,1-2H3;2-17,39H,18H2,1H3;3H,1H3. The second kappa shape index (κ2) is 29.8. The first-order chi connectivity index (χ1) is 47.3. The van der Waals surface area contributed by atoms with E-state index in [1.165, 1.54) is 94.3 Å². The first-order valence-electron chi connectivity index (χ1n) is 29.1. The van der Waals surface area contributed by atoms with Crippen LogP contribution in [0.4, 0.5) is 38.0 Å². The quantitative estimate of drug-likeness (QED) is 0.0618. The van der Waals surface area contributed by atoms with E-state index >= 15 is 8.78 Å². The number of anilines is 2. The van der Waals surface area contributed by atoms with Crippen LogP contribution in [0.3, 0.4) is 0 Å². The van der Waals surface area contributed by atoms with Gasteiger partial charge in [0.25, 0.3) is 31.2 Å². The Morgan fingerprint density at radius 3 is 1.32 bits per heavy atom. The molecule has 0 radical (unpaired) electrons. The molecular weight excluding hydrogens is 1400 g/mol. The Balaban J connectivity index is 0.000000201. The summed E-state index contributed by atoms with van der Waals surface area (Å²) >= 11 is 3.01. The second-order valence-electron chi connectivity index (χ2n) is 21.5. The number of hydrogen-bond acceptors (Lipinski definition) is 16. The fourth-order valence-corrected chi connectivity index (χ4v) is 13.0. The number of ether oxygens (including phenoxy) is 3. The Morgan fingerprint density at radius 1 is 0.535 bits per heavy atom. The zero-order valence-electron chi connectivity index (χ0n) is 52.0. The Hall–Kier alpha value is -11.7. The van der Waals surface area contributed by atoms with Crippen molar-refractivity contribution in [3.8, 4) is 68.8 Å². The third-order valence-electron chi connectivity index (χ3n) is 14.8. The predicted octanol–water partition coefficient (Wildman–Crippen LogP) is 14.2. The van der Waals surface area contributed by atoms with Crippen LogP contribution in [-0.2, 0) is 33.1 Å². The number of fused-ring (bicyclic) bond motifs is 2. The van der Waals surface area contributed by atoms with Gasteiger partial charge in [0.15, 0.2) is 17.7 Å². The molecule has 504 valence electrons. The van der Waals surface area contributed by atoms with Crippen molar-refractivity contribution in [2.45, 2.75) is 47.7 Å². The lowest BCUT2D eigenvalue weighted by atomic mass is 10.0. The highest BCUT2D eigenvalue weighted by atomic mass is 79.9. The number of hydrogen-bond donors (Lipinski definition) is 1. The number of aromatic hydroxyl groups is 1. The molecule has 1 N–H and O–H groups in total. The lowest BCUT2D eigenvalue weighted by Crippen LogP contribution is -2.31. The molecule has 29 heteroatoms. The van der Waals surface area contributed by atoms with Gasteiger partial charge in [0.05, 0.1) is 70.4 Å². The summed E-state index contributed by atoms with van der Waals surface area (Å²) < 4.78 is 173. The van der Waals surface area contributed by atoms with Crippen LogP contribution in [-0.4, -0.2) is 66.5 Å². The highest BCUT2D eigenvalue weighted by Crippen LogP contribution is 2.38. The summed E-state index contributed by atoms with van der Waals surface area (Å²) in [5.74, 6) is -5.09. The molecule has 12 aromatic rings. The third-order valence-corrected chi connectivity index (χ3v) is 18.5. The molecule has 4 aromatic heterocycles. The molecule has 8 aromatic carbocycles. The van der Waals surface area contributed by atoms with E-state index in [1.807, 2.05) is 12.1 Å². The number of sulfonamides is 2. The van der Waals surface area contributed by atoms with Gasteiger partial charge >= 0.3 is 0 Å². The van der Waals surface area contributed by atoms with E-state index in [0.717, 1.165) is 78.4 Å². The molecule has 2 atom stereocenters. The van der Waals surface area contributed by atoms with Crippen LogP contribution in [0.25, 0.3) is 55.4 Å². The molecule has 0 amide bonds. The topological polar surface area (TPSA) is 266 Å². The van der Waals surface area contributed by atoms with Crippen LogP contribution in [0.5, 0.6) is 23.0 Å². The van der Waals surface area contributed by atoms with Gasteiger partial charge in [0, 0.05) is 70.4 Å². The molecule has 2 unspecified atom stereocenters. The molecule has 20 nitrogen and oxygen atoms in total. The van der Waals surface area contributed by atoms with E-state index in [4.69, 9.17) is 28.5 Å². The number of rotatable bonds is 18. The van der Waals surface area contributed by atoms with Crippen molar-refractivity contribution in [2.75, 3.05) is 22.8 Å². The molecule has 99 heavy (non-hydrogen) atoms. The van der Waals surface area contributed by atoms with E-state index in [2.05, 4.69) is 26.2 Å². The van der Waals surface area contributed by atoms with E-state index in [9.17, 15) is 54.4 Å². The molecule has 0 spiro atoms. The molecular formula is C70H51BrF6N8O12S2. The molecule has 12 rings (SSSR count). The smallest absolute Gasteiger partial charge is 0.265 e. The monoisotopic (exact) mass is 1450 g/mol. The number of phenolic OH excluding ortho intramolecular Hbond substituents is 1. The molecule has 0 saturated heterocycles. The van der Waals surface area contributed by atoms with Crippen molar-refractivity contribution < 1.29 is 71.5 Å². The SMILES string of the molecule is CC(Br)C#N.COc1ccc(CN(c2ccon2)S(=O)(=O)c2ccc3c(ccc(=O)n3-c3cc(F)c(-c4cc(F)cc(F)c4)cc3O)c2)cc1.COc1ccc(CN(c2ccon2)S(=O)(=O)c2ccc3c(ccc(=O)n3-c3cc(F)c(-c4cc(F)cc(F)c4)cc3OC(C)C#N)c2)cc1. The number of halogens is 7. The van der Waals surface area contributed by atoms with Gasteiger partial charge < -0.3 is 28.4 Å². The van der Waals surface area contributed by atoms with Crippen molar-refractivity contribution >= 4 is 69.4 Å². The second-order valence-corrected chi connectivity index (χ2v) is 26.6. The van der Waals surface area contributed by atoms with Crippen LogP contribution in [0, 0.1) is 57.6 Å². The van der Waals surface area contributed by atoms with E-state index < -0.39 is 77.9 Å². The van der Waals surface area contributed by atoms with Gasteiger partial charge in [-0.25, -0.2) is 51.8 Å². The lowest BCUT2D eigenvalue weighted by Gasteiger charge is -2.22. The summed E-state index contributed by atoms with van der Waals surface area (Å²) in [4.78, 5) is 26.1. The van der Waals surface area contributed by atoms with Crippen molar-refractivity contribution in [3.63, 3.8) is 0 Å². The highest BCUT2D eigenvalue weighted by molar-refractivity contribution is 9.09. The molecule has 0 bridgehead atoms. The van der Waals surface area contributed by atoms with Crippen molar-refractivity contribution in [1.29, 1.82) is 10.5 Å². The minimum Gasteiger partial charge on any atom is -0.506 e. The van der Waals surface area contributed by atoms with E-state index in [1.54, 1.807) is 55.5 Å². The average Bonchev–Trinajstić information content (AvgIpc) is 1.73. The largest absolute Gasteiger partial charge is 0.506 e. The van der Waals surface area contributed by atoms with Gasteiger partial charge in [-0.2, -0.15) is 10.5 Å². The molecule has 0 fully saturated rings. The fourth-order valence-electron chi connectivity index (χ4n) is 10.2. The predicted molar refractivity (Wildman–Crippen MR) is 357 cm³/mol. The first-order valence-corrected chi connectivity index (χ1v) is 32.9. The zero-order chi connectivity index (χ0) is 71.0. The van der Waals surface area contributed by atoms with Gasteiger partial charge in [-0.1, -0.05) is 50.5 Å². The summed E-state index contributed by atoms with van der Waals surface area (Å²) in [6.07, 6.45) is 1.41. The Morgan fingerprint density at radius 2 is 0.939 bits per heavy atom. The normalized spacial score (nSPS) is 11.8. The number of pyridine rings is 2. The van der Waals surface area contributed by atoms with Gasteiger partial charge in [-0.3, -0.25) is 18.7 Å². The Kier molecular flexibility index (Phi) is 21.1. The van der Waals surface area contributed by atoms with Crippen molar-refractivity contribution in [2.24, 2.45) is 0 Å².